The summed E-state index contributed by atoms with van der Waals surface area (Å²) in [5.74, 6) is -1.54. The zero-order valence-corrected chi connectivity index (χ0v) is 16.3. The third-order valence-corrected chi connectivity index (χ3v) is 4.81. The van der Waals surface area contributed by atoms with Crippen molar-refractivity contribution < 1.29 is 18.7 Å². The van der Waals surface area contributed by atoms with Gasteiger partial charge in [-0.15, -0.1) is 0 Å². The van der Waals surface area contributed by atoms with E-state index in [2.05, 4.69) is 5.32 Å². The summed E-state index contributed by atoms with van der Waals surface area (Å²) in [7, 11) is 0. The van der Waals surface area contributed by atoms with E-state index in [-0.39, 0.29) is 13.0 Å². The molecule has 4 aromatic rings. The number of benzene rings is 3. The second-order valence-electron chi connectivity index (χ2n) is 6.92. The highest BCUT2D eigenvalue weighted by Crippen LogP contribution is 2.19. The number of para-hydroxylation sites is 2. The molecule has 1 amide bonds. The monoisotopic (exact) mass is 404 g/mol. The predicted octanol–water partition coefficient (Wildman–Crippen LogP) is 3.71. The van der Waals surface area contributed by atoms with Crippen molar-refractivity contribution in [3.63, 3.8) is 0 Å². The summed E-state index contributed by atoms with van der Waals surface area (Å²) in [6.07, 6.45) is -1.03. The number of anilines is 1. The van der Waals surface area contributed by atoms with Crippen molar-refractivity contribution in [2.24, 2.45) is 0 Å². The second-order valence-corrected chi connectivity index (χ2v) is 6.92. The zero-order chi connectivity index (χ0) is 21.1. The Hall–Kier alpha value is -3.87. The molecule has 1 atom stereocenters. The summed E-state index contributed by atoms with van der Waals surface area (Å²) in [6.45, 7) is 1.61. The van der Waals surface area contributed by atoms with Crippen LogP contribution in [0.4, 0.5) is 5.69 Å². The number of aromatic nitrogens is 1. The SMILES string of the molecule is C[C@@H](OC(=O)CCn1c(=O)oc2ccccc21)C(=O)Nc1ccc2ccccc2c1. The molecule has 0 saturated carbocycles. The first-order valence-electron chi connectivity index (χ1n) is 9.59. The van der Waals surface area contributed by atoms with E-state index in [4.69, 9.17) is 9.15 Å². The summed E-state index contributed by atoms with van der Waals surface area (Å²) in [5, 5.41) is 4.82. The van der Waals surface area contributed by atoms with E-state index >= 15 is 0 Å². The smallest absolute Gasteiger partial charge is 0.419 e. The van der Waals surface area contributed by atoms with E-state index < -0.39 is 23.7 Å². The van der Waals surface area contributed by atoms with Gasteiger partial charge in [0.15, 0.2) is 11.7 Å². The lowest BCUT2D eigenvalue weighted by Gasteiger charge is -2.14. The lowest BCUT2D eigenvalue weighted by molar-refractivity contribution is -0.153. The van der Waals surface area contributed by atoms with E-state index in [1.165, 1.54) is 11.5 Å². The van der Waals surface area contributed by atoms with Crippen LogP contribution in [0.1, 0.15) is 13.3 Å². The molecular formula is C23H20N2O5. The van der Waals surface area contributed by atoms with E-state index in [1.807, 2.05) is 36.4 Å². The Morgan fingerprint density at radius 3 is 2.60 bits per heavy atom. The van der Waals surface area contributed by atoms with Gasteiger partial charge in [0, 0.05) is 12.2 Å². The largest absolute Gasteiger partial charge is 0.452 e. The van der Waals surface area contributed by atoms with Crippen LogP contribution in [-0.2, 0) is 20.9 Å². The molecule has 7 nitrogen and oxygen atoms in total. The van der Waals surface area contributed by atoms with Crippen LogP contribution in [0.25, 0.3) is 21.9 Å². The van der Waals surface area contributed by atoms with Gasteiger partial charge in [-0.1, -0.05) is 42.5 Å². The van der Waals surface area contributed by atoms with Crippen LogP contribution in [0.3, 0.4) is 0 Å². The Labute approximate surface area is 171 Å². The topological polar surface area (TPSA) is 90.5 Å². The predicted molar refractivity (Wildman–Crippen MR) is 113 cm³/mol. The number of carbonyl (C=O) groups is 2. The number of nitrogens with one attached hydrogen (secondary N) is 1. The van der Waals surface area contributed by atoms with Crippen molar-refractivity contribution in [3.05, 3.63) is 77.3 Å². The Morgan fingerprint density at radius 1 is 1.03 bits per heavy atom. The summed E-state index contributed by atoms with van der Waals surface area (Å²) >= 11 is 0. The molecule has 0 saturated heterocycles. The second kappa shape index (κ2) is 8.24. The van der Waals surface area contributed by atoms with Crippen LogP contribution in [0.15, 0.2) is 75.9 Å². The lowest BCUT2D eigenvalue weighted by atomic mass is 10.1. The number of hydrogen-bond acceptors (Lipinski definition) is 5. The van der Waals surface area contributed by atoms with Crippen LogP contribution in [0.2, 0.25) is 0 Å². The minimum absolute atomic E-state index is 0.0585. The van der Waals surface area contributed by atoms with E-state index in [1.54, 1.807) is 30.3 Å². The molecule has 0 unspecified atom stereocenters. The number of oxazole rings is 1. The zero-order valence-electron chi connectivity index (χ0n) is 16.3. The molecule has 1 N–H and O–H groups in total. The number of esters is 1. The van der Waals surface area contributed by atoms with Gasteiger partial charge in [0.25, 0.3) is 5.91 Å². The fraction of sp³-hybridized carbons (Fsp3) is 0.174. The maximum atomic E-state index is 12.4. The summed E-state index contributed by atoms with van der Waals surface area (Å²) in [5.41, 5.74) is 1.69. The molecule has 152 valence electrons. The highest BCUT2D eigenvalue weighted by molar-refractivity contribution is 5.97. The molecule has 3 aromatic carbocycles. The Bertz CT molecular complexity index is 1290. The quantitative estimate of drug-likeness (QED) is 0.495. The average molecular weight is 404 g/mol. The molecular weight excluding hydrogens is 384 g/mol. The normalized spacial score (nSPS) is 12.0. The molecule has 1 heterocycles. The fourth-order valence-corrected chi connectivity index (χ4v) is 3.25. The minimum Gasteiger partial charge on any atom is -0.452 e. The molecule has 1 aromatic heterocycles. The number of amides is 1. The van der Waals surface area contributed by atoms with Gasteiger partial charge in [-0.3, -0.25) is 14.2 Å². The van der Waals surface area contributed by atoms with Crippen molar-refractivity contribution in [3.8, 4) is 0 Å². The molecule has 7 heteroatoms. The van der Waals surface area contributed by atoms with Crippen LogP contribution >= 0.6 is 0 Å². The number of ether oxygens (including phenoxy) is 1. The molecule has 0 aliphatic heterocycles. The third-order valence-electron chi connectivity index (χ3n) is 4.81. The van der Waals surface area contributed by atoms with Gasteiger partial charge in [0.1, 0.15) is 0 Å². The van der Waals surface area contributed by atoms with Crippen LogP contribution in [0, 0.1) is 0 Å². The van der Waals surface area contributed by atoms with Gasteiger partial charge < -0.3 is 14.5 Å². The fourth-order valence-electron chi connectivity index (χ4n) is 3.25. The molecule has 0 radical (unpaired) electrons. The third kappa shape index (κ3) is 4.10. The summed E-state index contributed by atoms with van der Waals surface area (Å²) < 4.78 is 11.7. The first kappa shape index (κ1) is 19.4. The van der Waals surface area contributed by atoms with Gasteiger partial charge in [-0.05, 0) is 42.0 Å². The van der Waals surface area contributed by atoms with Gasteiger partial charge in [-0.25, -0.2) is 4.79 Å². The average Bonchev–Trinajstić information content (AvgIpc) is 3.07. The number of hydrogen-bond donors (Lipinski definition) is 1. The Morgan fingerprint density at radius 2 is 1.77 bits per heavy atom. The first-order chi connectivity index (χ1) is 14.5. The van der Waals surface area contributed by atoms with E-state index in [0.29, 0.717) is 16.8 Å². The number of carbonyl (C=O) groups excluding carboxylic acids is 2. The molecule has 30 heavy (non-hydrogen) atoms. The lowest BCUT2D eigenvalue weighted by Crippen LogP contribution is -2.30. The van der Waals surface area contributed by atoms with E-state index in [9.17, 15) is 14.4 Å². The van der Waals surface area contributed by atoms with Crippen LogP contribution in [0.5, 0.6) is 0 Å². The summed E-state index contributed by atoms with van der Waals surface area (Å²) in [4.78, 5) is 36.5. The van der Waals surface area contributed by atoms with Crippen LogP contribution < -0.4 is 11.1 Å². The highest BCUT2D eigenvalue weighted by atomic mass is 16.5. The van der Waals surface area contributed by atoms with Crippen molar-refractivity contribution in [2.45, 2.75) is 26.0 Å². The number of aryl methyl sites for hydroxylation is 1. The summed E-state index contributed by atoms with van der Waals surface area (Å²) in [6, 6.07) is 20.4. The van der Waals surface area contributed by atoms with E-state index in [0.717, 1.165) is 10.8 Å². The molecule has 4 rings (SSSR count). The van der Waals surface area contributed by atoms with Gasteiger partial charge >= 0.3 is 11.7 Å². The number of fused-ring (bicyclic) bond motifs is 2. The van der Waals surface area contributed by atoms with Gasteiger partial charge in [0.05, 0.1) is 11.9 Å². The number of nitrogens with zero attached hydrogens (tertiary/aromatic N) is 1. The van der Waals surface area contributed by atoms with Crippen LogP contribution in [-0.4, -0.2) is 22.5 Å². The Balaban J connectivity index is 1.34. The first-order valence-corrected chi connectivity index (χ1v) is 9.59. The highest BCUT2D eigenvalue weighted by Gasteiger charge is 2.19. The van der Waals surface area contributed by atoms with Crippen molar-refractivity contribution in [2.75, 3.05) is 5.32 Å². The van der Waals surface area contributed by atoms with Gasteiger partial charge in [-0.2, -0.15) is 0 Å². The standard InChI is InChI=1S/C23H20N2O5/c1-15(22(27)24-18-11-10-16-6-2-3-7-17(16)14-18)29-21(26)12-13-25-19-8-4-5-9-20(19)30-23(25)28/h2-11,14-15H,12-13H2,1H3,(H,24,27)/t15-/m1/s1. The molecule has 0 fully saturated rings. The van der Waals surface area contributed by atoms with Crippen molar-refractivity contribution in [1.29, 1.82) is 0 Å². The van der Waals surface area contributed by atoms with Crippen molar-refractivity contribution in [1.82, 2.24) is 4.57 Å². The molecule has 0 aliphatic rings. The van der Waals surface area contributed by atoms with Crippen molar-refractivity contribution >= 4 is 39.4 Å². The molecule has 0 aliphatic carbocycles. The Kier molecular flexibility index (Phi) is 5.34. The number of rotatable bonds is 6. The maximum absolute atomic E-state index is 12.4. The molecule has 0 bridgehead atoms. The minimum atomic E-state index is -0.971. The maximum Gasteiger partial charge on any atom is 0.419 e. The molecule has 0 spiro atoms. The van der Waals surface area contributed by atoms with Gasteiger partial charge in [0.2, 0.25) is 0 Å².